The van der Waals surface area contributed by atoms with Crippen LogP contribution in [0.1, 0.15) is 32.1 Å². The molecule has 6 heteroatoms. The lowest BCUT2D eigenvalue weighted by atomic mass is 10.1. The molecule has 0 radical (unpaired) electrons. The summed E-state index contributed by atoms with van der Waals surface area (Å²) in [6, 6.07) is -1.14. The average molecular weight is 258 g/mol. The van der Waals surface area contributed by atoms with E-state index in [1.54, 1.807) is 0 Å². The van der Waals surface area contributed by atoms with Gasteiger partial charge in [-0.2, -0.15) is 0 Å². The van der Waals surface area contributed by atoms with E-state index in [4.69, 9.17) is 9.84 Å². The summed E-state index contributed by atoms with van der Waals surface area (Å²) >= 11 is 0. The van der Waals surface area contributed by atoms with Crippen molar-refractivity contribution >= 4 is 11.9 Å². The molecule has 1 amide bonds. The number of carbonyl (C=O) groups excluding carboxylic acids is 1. The van der Waals surface area contributed by atoms with Gasteiger partial charge in [0.2, 0.25) is 5.91 Å². The SMILES string of the molecule is COCCC(NC(=O)C1CCCCCN1)C(=O)O. The zero-order chi connectivity index (χ0) is 13.4. The van der Waals surface area contributed by atoms with Crippen LogP contribution in [0.5, 0.6) is 0 Å². The molecule has 0 saturated carbocycles. The Bertz CT molecular complexity index is 275. The minimum Gasteiger partial charge on any atom is -0.480 e. The van der Waals surface area contributed by atoms with Crippen molar-refractivity contribution in [2.24, 2.45) is 0 Å². The molecule has 104 valence electrons. The number of nitrogens with one attached hydrogen (secondary N) is 2. The fraction of sp³-hybridized carbons (Fsp3) is 0.833. The number of carboxylic acids is 1. The van der Waals surface area contributed by atoms with Gasteiger partial charge in [-0.1, -0.05) is 12.8 Å². The van der Waals surface area contributed by atoms with E-state index in [2.05, 4.69) is 10.6 Å². The third-order valence-electron chi connectivity index (χ3n) is 3.10. The lowest BCUT2D eigenvalue weighted by Crippen LogP contribution is -2.50. The van der Waals surface area contributed by atoms with Gasteiger partial charge in [-0.05, 0) is 19.4 Å². The van der Waals surface area contributed by atoms with Crippen LogP contribution in [0.2, 0.25) is 0 Å². The van der Waals surface area contributed by atoms with Crippen molar-refractivity contribution in [2.75, 3.05) is 20.3 Å². The van der Waals surface area contributed by atoms with Gasteiger partial charge in [0.05, 0.1) is 6.04 Å². The maximum atomic E-state index is 12.0. The topological polar surface area (TPSA) is 87.7 Å². The van der Waals surface area contributed by atoms with E-state index in [1.165, 1.54) is 7.11 Å². The summed E-state index contributed by atoms with van der Waals surface area (Å²) in [6.07, 6.45) is 4.23. The van der Waals surface area contributed by atoms with Crippen LogP contribution in [0.25, 0.3) is 0 Å². The first-order valence-corrected chi connectivity index (χ1v) is 6.40. The van der Waals surface area contributed by atoms with Crippen molar-refractivity contribution in [1.29, 1.82) is 0 Å². The molecule has 0 aliphatic carbocycles. The van der Waals surface area contributed by atoms with E-state index in [9.17, 15) is 9.59 Å². The van der Waals surface area contributed by atoms with Crippen LogP contribution < -0.4 is 10.6 Å². The second kappa shape index (κ2) is 8.05. The van der Waals surface area contributed by atoms with Crippen molar-refractivity contribution < 1.29 is 19.4 Å². The van der Waals surface area contributed by atoms with E-state index >= 15 is 0 Å². The molecule has 0 spiro atoms. The molecule has 18 heavy (non-hydrogen) atoms. The number of rotatable bonds is 6. The van der Waals surface area contributed by atoms with Gasteiger partial charge >= 0.3 is 5.97 Å². The molecule has 0 bridgehead atoms. The highest BCUT2D eigenvalue weighted by molar-refractivity contribution is 5.86. The van der Waals surface area contributed by atoms with Crippen LogP contribution >= 0.6 is 0 Å². The fourth-order valence-corrected chi connectivity index (χ4v) is 2.02. The van der Waals surface area contributed by atoms with Crippen molar-refractivity contribution in [1.82, 2.24) is 10.6 Å². The highest BCUT2D eigenvalue weighted by Crippen LogP contribution is 2.09. The van der Waals surface area contributed by atoms with Crippen LogP contribution in [-0.2, 0) is 14.3 Å². The first-order valence-electron chi connectivity index (χ1n) is 6.40. The number of carboxylic acid groups (broad SMARTS) is 1. The lowest BCUT2D eigenvalue weighted by Gasteiger charge is -2.19. The molecule has 0 aromatic carbocycles. The normalized spacial score (nSPS) is 21.9. The molecule has 1 rings (SSSR count). The molecule has 1 aliphatic heterocycles. The van der Waals surface area contributed by atoms with Crippen LogP contribution in [0.15, 0.2) is 0 Å². The number of carbonyl (C=O) groups is 2. The number of amides is 1. The summed E-state index contributed by atoms with van der Waals surface area (Å²) in [6.45, 7) is 1.13. The molecule has 1 aliphatic rings. The fourth-order valence-electron chi connectivity index (χ4n) is 2.02. The smallest absolute Gasteiger partial charge is 0.326 e. The lowest BCUT2D eigenvalue weighted by molar-refractivity contribution is -0.142. The number of aliphatic carboxylic acids is 1. The third-order valence-corrected chi connectivity index (χ3v) is 3.10. The molecule has 1 saturated heterocycles. The molecular weight excluding hydrogens is 236 g/mol. The standard InChI is InChI=1S/C12H22N2O4/c1-18-8-6-10(12(16)17)14-11(15)9-5-3-2-4-7-13-9/h9-10,13H,2-8H2,1H3,(H,14,15)(H,16,17). The van der Waals surface area contributed by atoms with E-state index in [1.807, 2.05) is 0 Å². The monoisotopic (exact) mass is 258 g/mol. The summed E-state index contributed by atoms with van der Waals surface area (Å²) in [7, 11) is 1.51. The van der Waals surface area contributed by atoms with E-state index in [0.717, 1.165) is 32.2 Å². The molecule has 2 atom stereocenters. The Hall–Kier alpha value is -1.14. The molecule has 6 nitrogen and oxygen atoms in total. The van der Waals surface area contributed by atoms with Crippen LogP contribution in [-0.4, -0.2) is 49.3 Å². The summed E-state index contributed by atoms with van der Waals surface area (Å²) in [5, 5.41) is 14.7. The maximum absolute atomic E-state index is 12.0. The van der Waals surface area contributed by atoms with Gasteiger partial charge in [0.15, 0.2) is 0 Å². The van der Waals surface area contributed by atoms with Crippen LogP contribution in [0.4, 0.5) is 0 Å². The molecule has 3 N–H and O–H groups in total. The average Bonchev–Trinajstić information content (AvgIpc) is 2.62. The Labute approximate surface area is 107 Å². The number of hydrogen-bond donors (Lipinski definition) is 3. The summed E-state index contributed by atoms with van der Waals surface area (Å²) in [5.41, 5.74) is 0. The van der Waals surface area contributed by atoms with Crippen molar-refractivity contribution in [3.05, 3.63) is 0 Å². The van der Waals surface area contributed by atoms with E-state index in [0.29, 0.717) is 6.61 Å². The predicted molar refractivity (Wildman–Crippen MR) is 66.3 cm³/mol. The Morgan fingerprint density at radius 2 is 2.22 bits per heavy atom. The first kappa shape index (κ1) is 14.9. The quantitative estimate of drug-likeness (QED) is 0.630. The van der Waals surface area contributed by atoms with Gasteiger partial charge in [-0.15, -0.1) is 0 Å². The molecule has 2 unspecified atom stereocenters. The zero-order valence-electron chi connectivity index (χ0n) is 10.8. The first-order chi connectivity index (χ1) is 8.65. The zero-order valence-corrected chi connectivity index (χ0v) is 10.8. The van der Waals surface area contributed by atoms with Crippen LogP contribution in [0, 0.1) is 0 Å². The Morgan fingerprint density at radius 1 is 1.44 bits per heavy atom. The van der Waals surface area contributed by atoms with Crippen molar-refractivity contribution in [3.8, 4) is 0 Å². The molecule has 1 fully saturated rings. The van der Waals surface area contributed by atoms with Crippen molar-refractivity contribution in [3.63, 3.8) is 0 Å². The maximum Gasteiger partial charge on any atom is 0.326 e. The minimum absolute atomic E-state index is 0.222. The van der Waals surface area contributed by atoms with Gasteiger partial charge in [-0.3, -0.25) is 4.79 Å². The van der Waals surface area contributed by atoms with Gasteiger partial charge < -0.3 is 20.5 Å². The summed E-state index contributed by atoms with van der Waals surface area (Å²) in [5.74, 6) is -1.24. The predicted octanol–water partition coefficient (Wildman–Crippen LogP) is 0.125. The molecular formula is C12H22N2O4. The number of methoxy groups -OCH3 is 1. The van der Waals surface area contributed by atoms with E-state index in [-0.39, 0.29) is 18.4 Å². The highest BCUT2D eigenvalue weighted by atomic mass is 16.5. The van der Waals surface area contributed by atoms with Gasteiger partial charge in [0.1, 0.15) is 6.04 Å². The van der Waals surface area contributed by atoms with Crippen molar-refractivity contribution in [2.45, 2.75) is 44.2 Å². The molecule has 1 heterocycles. The Kier molecular flexibility index (Phi) is 6.67. The van der Waals surface area contributed by atoms with Gasteiger partial charge in [-0.25, -0.2) is 4.79 Å². The minimum atomic E-state index is -1.02. The summed E-state index contributed by atoms with van der Waals surface area (Å²) < 4.78 is 4.84. The molecule has 0 aromatic heterocycles. The van der Waals surface area contributed by atoms with Crippen LogP contribution in [0.3, 0.4) is 0 Å². The second-order valence-corrected chi connectivity index (χ2v) is 4.54. The Balaban J connectivity index is 2.45. The molecule has 0 aromatic rings. The number of ether oxygens (including phenoxy) is 1. The Morgan fingerprint density at radius 3 is 2.89 bits per heavy atom. The van der Waals surface area contributed by atoms with Gasteiger partial charge in [0.25, 0.3) is 0 Å². The third kappa shape index (κ3) is 5.01. The van der Waals surface area contributed by atoms with E-state index < -0.39 is 12.0 Å². The highest BCUT2D eigenvalue weighted by Gasteiger charge is 2.25. The second-order valence-electron chi connectivity index (χ2n) is 4.54. The number of hydrogen-bond acceptors (Lipinski definition) is 4. The largest absolute Gasteiger partial charge is 0.480 e. The summed E-state index contributed by atoms with van der Waals surface area (Å²) in [4.78, 5) is 23.0. The van der Waals surface area contributed by atoms with Gasteiger partial charge in [0, 0.05) is 20.1 Å².